The molecule has 0 aliphatic carbocycles. The maximum Gasteiger partial charge on any atom is 0.534 e. The zero-order valence-corrected chi connectivity index (χ0v) is 12.5. The van der Waals surface area contributed by atoms with E-state index in [0.29, 0.717) is 12.8 Å². The van der Waals surface area contributed by atoms with Gasteiger partial charge in [-0.2, -0.15) is 21.6 Å². The summed E-state index contributed by atoms with van der Waals surface area (Å²) in [5.41, 5.74) is -6.44. The Morgan fingerprint density at radius 3 is 2.33 bits per heavy atom. The fourth-order valence-corrected chi connectivity index (χ4v) is 1.91. The molecule has 1 rings (SSSR count). The molecule has 0 spiro atoms. The summed E-state index contributed by atoms with van der Waals surface area (Å²) in [5.74, 6) is -0.687. The monoisotopic (exact) mass is 331 g/mol. The van der Waals surface area contributed by atoms with Crippen LogP contribution in [0.1, 0.15) is 33.6 Å². The van der Waals surface area contributed by atoms with E-state index < -0.39 is 33.2 Å². The molecular formula is C11H16F3NO5S. The summed E-state index contributed by atoms with van der Waals surface area (Å²) in [4.78, 5) is 12.6. The van der Waals surface area contributed by atoms with E-state index in [9.17, 15) is 26.4 Å². The summed E-state index contributed by atoms with van der Waals surface area (Å²) in [6, 6.07) is 0. The summed E-state index contributed by atoms with van der Waals surface area (Å²) >= 11 is 0. The van der Waals surface area contributed by atoms with E-state index in [2.05, 4.69) is 4.18 Å². The highest BCUT2D eigenvalue weighted by atomic mass is 32.2. The van der Waals surface area contributed by atoms with Crippen molar-refractivity contribution in [2.24, 2.45) is 0 Å². The van der Waals surface area contributed by atoms with Crippen molar-refractivity contribution in [2.45, 2.75) is 44.7 Å². The molecule has 10 heteroatoms. The molecule has 0 bridgehead atoms. The molecule has 0 saturated heterocycles. The zero-order valence-electron chi connectivity index (χ0n) is 11.7. The first-order chi connectivity index (χ1) is 9.33. The Balaban J connectivity index is 2.94. The number of carbonyl (C=O) groups excluding carboxylic acids is 1. The number of hydrogen-bond acceptors (Lipinski definition) is 5. The quantitative estimate of drug-likeness (QED) is 0.575. The number of ether oxygens (including phenoxy) is 1. The van der Waals surface area contributed by atoms with Crippen molar-refractivity contribution in [2.75, 3.05) is 6.54 Å². The van der Waals surface area contributed by atoms with Gasteiger partial charge in [0.1, 0.15) is 5.60 Å². The second kappa shape index (κ2) is 5.74. The maximum absolute atomic E-state index is 12.3. The van der Waals surface area contributed by atoms with Crippen molar-refractivity contribution in [3.63, 3.8) is 0 Å². The van der Waals surface area contributed by atoms with Gasteiger partial charge in [0, 0.05) is 6.54 Å². The lowest BCUT2D eigenvalue weighted by molar-refractivity contribution is -0.0543. The lowest BCUT2D eigenvalue weighted by Crippen LogP contribution is -2.40. The second-order valence-electron chi connectivity index (χ2n) is 5.30. The van der Waals surface area contributed by atoms with Crippen LogP contribution >= 0.6 is 0 Å². The molecular weight excluding hydrogens is 315 g/mol. The Morgan fingerprint density at radius 1 is 1.29 bits per heavy atom. The molecule has 0 aromatic rings. The van der Waals surface area contributed by atoms with Crippen LogP contribution in [0.2, 0.25) is 0 Å². The van der Waals surface area contributed by atoms with Crippen LogP contribution in [0.25, 0.3) is 0 Å². The minimum atomic E-state index is -5.83. The van der Waals surface area contributed by atoms with Gasteiger partial charge < -0.3 is 8.92 Å². The molecule has 1 aliphatic rings. The van der Waals surface area contributed by atoms with Gasteiger partial charge in [0.25, 0.3) is 0 Å². The van der Waals surface area contributed by atoms with E-state index in [1.807, 2.05) is 0 Å². The first kappa shape index (κ1) is 17.6. The SMILES string of the molecule is CC(C)(C)OC(=O)N1CCCC=C1OS(=O)(=O)C(F)(F)F. The average molecular weight is 331 g/mol. The maximum atomic E-state index is 12.3. The van der Waals surface area contributed by atoms with E-state index in [1.165, 1.54) is 0 Å². The molecule has 0 aromatic heterocycles. The summed E-state index contributed by atoms with van der Waals surface area (Å²) in [6.07, 6.45) is 0.891. The van der Waals surface area contributed by atoms with Gasteiger partial charge in [-0.05, 0) is 39.7 Å². The van der Waals surface area contributed by atoms with Gasteiger partial charge in [-0.25, -0.2) is 9.69 Å². The minimum absolute atomic E-state index is 0.00806. The van der Waals surface area contributed by atoms with Crippen LogP contribution in [0.3, 0.4) is 0 Å². The molecule has 21 heavy (non-hydrogen) atoms. The molecule has 122 valence electrons. The number of amides is 1. The van der Waals surface area contributed by atoms with Gasteiger partial charge in [-0.3, -0.25) is 0 Å². The molecule has 0 atom stereocenters. The average Bonchev–Trinajstić information content (AvgIpc) is 2.25. The normalized spacial score (nSPS) is 17.2. The fraction of sp³-hybridized carbons (Fsp3) is 0.727. The first-order valence-corrected chi connectivity index (χ1v) is 7.46. The van der Waals surface area contributed by atoms with Crippen LogP contribution in [0.5, 0.6) is 0 Å². The second-order valence-corrected chi connectivity index (χ2v) is 6.84. The zero-order chi connectivity index (χ0) is 16.5. The third-order valence-electron chi connectivity index (χ3n) is 2.26. The van der Waals surface area contributed by atoms with Crippen molar-refractivity contribution >= 4 is 16.2 Å². The number of alkyl halides is 3. The minimum Gasteiger partial charge on any atom is -0.443 e. The molecule has 0 saturated carbocycles. The highest BCUT2D eigenvalue weighted by molar-refractivity contribution is 7.87. The number of halogens is 3. The molecule has 1 aliphatic heterocycles. The van der Waals surface area contributed by atoms with Crippen LogP contribution in [-0.4, -0.2) is 37.1 Å². The number of rotatable bonds is 2. The Kier molecular flexibility index (Phi) is 4.81. The topological polar surface area (TPSA) is 72.9 Å². The fourth-order valence-electron chi connectivity index (χ4n) is 1.43. The Hall–Kier alpha value is -1.45. The molecule has 0 fully saturated rings. The first-order valence-electron chi connectivity index (χ1n) is 6.05. The van der Waals surface area contributed by atoms with Crippen LogP contribution in [-0.2, 0) is 19.0 Å². The number of carbonyl (C=O) groups is 1. The Bertz CT molecular complexity index is 533. The van der Waals surface area contributed by atoms with E-state index >= 15 is 0 Å². The molecule has 0 N–H and O–H groups in total. The summed E-state index contributed by atoms with van der Waals surface area (Å²) in [5, 5.41) is 0. The van der Waals surface area contributed by atoms with Gasteiger partial charge in [0.05, 0.1) is 0 Å². The predicted molar refractivity (Wildman–Crippen MR) is 66.3 cm³/mol. The van der Waals surface area contributed by atoms with Gasteiger partial charge in [-0.1, -0.05) is 0 Å². The highest BCUT2D eigenvalue weighted by Crippen LogP contribution is 2.29. The van der Waals surface area contributed by atoms with E-state index in [-0.39, 0.29) is 6.54 Å². The Labute approximate surface area is 120 Å². The molecule has 6 nitrogen and oxygen atoms in total. The van der Waals surface area contributed by atoms with E-state index in [4.69, 9.17) is 4.74 Å². The van der Waals surface area contributed by atoms with Gasteiger partial charge in [-0.15, -0.1) is 0 Å². The number of allylic oxidation sites excluding steroid dienone is 1. The highest BCUT2D eigenvalue weighted by Gasteiger charge is 2.49. The standard InChI is InChI=1S/C11H16F3NO5S/c1-10(2,3)19-9(16)15-7-5-4-6-8(15)20-21(17,18)11(12,13)14/h6H,4-5,7H2,1-3H3. The molecule has 1 heterocycles. The van der Waals surface area contributed by atoms with Gasteiger partial charge in [0.2, 0.25) is 5.88 Å². The largest absolute Gasteiger partial charge is 0.534 e. The van der Waals surface area contributed by atoms with Crippen LogP contribution in [0, 0.1) is 0 Å². The molecule has 0 aromatic carbocycles. The van der Waals surface area contributed by atoms with Gasteiger partial charge in [0.15, 0.2) is 0 Å². The third kappa shape index (κ3) is 4.80. The van der Waals surface area contributed by atoms with Crippen LogP contribution in [0.4, 0.5) is 18.0 Å². The van der Waals surface area contributed by atoms with Crippen molar-refractivity contribution in [3.8, 4) is 0 Å². The van der Waals surface area contributed by atoms with E-state index in [0.717, 1.165) is 11.0 Å². The van der Waals surface area contributed by atoms with Crippen molar-refractivity contribution in [1.29, 1.82) is 0 Å². The molecule has 0 radical (unpaired) electrons. The number of hydrogen-bond donors (Lipinski definition) is 0. The van der Waals surface area contributed by atoms with Crippen molar-refractivity contribution in [3.05, 3.63) is 12.0 Å². The third-order valence-corrected chi connectivity index (χ3v) is 3.22. The predicted octanol–water partition coefficient (Wildman–Crippen LogP) is 2.72. The number of nitrogens with zero attached hydrogens (tertiary/aromatic N) is 1. The van der Waals surface area contributed by atoms with Crippen molar-refractivity contribution < 1.29 is 35.3 Å². The lowest BCUT2D eigenvalue weighted by atomic mass is 10.2. The van der Waals surface area contributed by atoms with Crippen LogP contribution in [0.15, 0.2) is 12.0 Å². The summed E-state index contributed by atoms with van der Waals surface area (Å²) < 4.78 is 68.0. The van der Waals surface area contributed by atoms with Crippen molar-refractivity contribution in [1.82, 2.24) is 4.90 Å². The van der Waals surface area contributed by atoms with Crippen LogP contribution < -0.4 is 0 Å². The Morgan fingerprint density at radius 2 is 1.86 bits per heavy atom. The molecule has 0 unspecified atom stereocenters. The smallest absolute Gasteiger partial charge is 0.443 e. The van der Waals surface area contributed by atoms with Gasteiger partial charge >= 0.3 is 21.7 Å². The summed E-state index contributed by atoms with van der Waals surface area (Å²) in [6.45, 7) is 4.73. The molecule has 1 amide bonds. The van der Waals surface area contributed by atoms with E-state index in [1.54, 1.807) is 20.8 Å². The summed E-state index contributed by atoms with van der Waals surface area (Å²) in [7, 11) is -5.83. The lowest BCUT2D eigenvalue weighted by Gasteiger charge is -2.30.